The molecule has 0 radical (unpaired) electrons. The molecular formula is C32H33N7O6. The van der Waals surface area contributed by atoms with Gasteiger partial charge in [-0.15, -0.1) is 5.10 Å². The first kappa shape index (κ1) is 29.7. The Morgan fingerprint density at radius 1 is 1.16 bits per heavy atom. The molecule has 2 aliphatic rings. The lowest BCUT2D eigenvalue weighted by Gasteiger charge is -2.44. The second-order valence-electron chi connectivity index (χ2n) is 12.0. The molecule has 13 heteroatoms. The van der Waals surface area contributed by atoms with Gasteiger partial charge in [0.1, 0.15) is 28.9 Å². The summed E-state index contributed by atoms with van der Waals surface area (Å²) in [6, 6.07) is 11.5. The van der Waals surface area contributed by atoms with Crippen LogP contribution in [0.25, 0.3) is 5.69 Å². The summed E-state index contributed by atoms with van der Waals surface area (Å²) in [5, 5.41) is 24.6. The summed E-state index contributed by atoms with van der Waals surface area (Å²) in [6.07, 6.45) is 4.17. The van der Waals surface area contributed by atoms with Crippen molar-refractivity contribution in [3.63, 3.8) is 0 Å². The third-order valence-electron chi connectivity index (χ3n) is 8.19. The monoisotopic (exact) mass is 611 g/mol. The number of aromatic nitrogens is 5. The first-order valence-corrected chi connectivity index (χ1v) is 14.6. The third-order valence-corrected chi connectivity index (χ3v) is 8.19. The van der Waals surface area contributed by atoms with Gasteiger partial charge in [0, 0.05) is 29.8 Å². The first-order valence-electron chi connectivity index (χ1n) is 14.6. The Morgan fingerprint density at radius 2 is 1.91 bits per heavy atom. The third kappa shape index (κ3) is 5.34. The standard InChI is InChI=1S/C32H33N7O6/c1-6-45-31(41)24-16-33-38-29(20-7-10-23(44-5)11-8-20)28-26(14-32(3,4)15-27(28)40)36(30(24)38)17-21-18-37(35-34-21)25-12-9-22(39(42)43)13-19(25)2/h7-13,16,18,29H,6,14-15,17H2,1-5H3. The molecule has 0 saturated carbocycles. The van der Waals surface area contributed by atoms with Gasteiger partial charge in [0.2, 0.25) is 0 Å². The summed E-state index contributed by atoms with van der Waals surface area (Å²) in [4.78, 5) is 40.0. The highest BCUT2D eigenvalue weighted by Gasteiger charge is 2.45. The number of carbonyl (C=O) groups is 2. The number of hydrogen-bond acceptors (Lipinski definition) is 10. The molecule has 1 atom stereocenters. The van der Waals surface area contributed by atoms with Gasteiger partial charge in [0.15, 0.2) is 5.78 Å². The predicted octanol–water partition coefficient (Wildman–Crippen LogP) is 5.12. The molecule has 4 aromatic rings. The van der Waals surface area contributed by atoms with Crippen molar-refractivity contribution in [3.05, 3.63) is 98.6 Å². The number of ether oxygens (including phenoxy) is 2. The molecule has 0 spiro atoms. The van der Waals surface area contributed by atoms with E-state index in [1.807, 2.05) is 29.2 Å². The highest BCUT2D eigenvalue weighted by molar-refractivity contribution is 6.02. The number of nitro benzene ring substituents is 1. The van der Waals surface area contributed by atoms with Gasteiger partial charge < -0.3 is 14.4 Å². The topological polar surface area (TPSA) is 148 Å². The van der Waals surface area contributed by atoms with Crippen molar-refractivity contribution in [1.29, 1.82) is 0 Å². The lowest BCUT2D eigenvalue weighted by atomic mass is 9.72. The number of hydrogen-bond donors (Lipinski definition) is 0. The summed E-state index contributed by atoms with van der Waals surface area (Å²) in [6.45, 7) is 8.00. The van der Waals surface area contributed by atoms with Crippen LogP contribution in [-0.2, 0) is 16.1 Å². The Labute approximate surface area is 259 Å². The number of Topliss-reactive ketones (excluding diaryl/α,β-unsaturated/α-hetero) is 1. The molecule has 0 saturated heterocycles. The average Bonchev–Trinajstić information content (AvgIpc) is 3.65. The molecule has 232 valence electrons. The van der Waals surface area contributed by atoms with Gasteiger partial charge in [-0.25, -0.2) is 14.2 Å². The van der Waals surface area contributed by atoms with E-state index in [4.69, 9.17) is 9.47 Å². The summed E-state index contributed by atoms with van der Waals surface area (Å²) < 4.78 is 14.1. The summed E-state index contributed by atoms with van der Waals surface area (Å²) in [5.41, 5.74) is 4.02. The minimum Gasteiger partial charge on any atom is -0.497 e. The fourth-order valence-electron chi connectivity index (χ4n) is 6.19. The Hall–Kier alpha value is -5.33. The first-order chi connectivity index (χ1) is 21.5. The van der Waals surface area contributed by atoms with Crippen molar-refractivity contribution < 1.29 is 24.0 Å². The van der Waals surface area contributed by atoms with E-state index in [1.54, 1.807) is 42.6 Å². The molecule has 1 aliphatic carbocycles. The Balaban J connectivity index is 1.49. The van der Waals surface area contributed by atoms with E-state index in [0.717, 1.165) is 11.3 Å². The molecule has 3 heterocycles. The minimum absolute atomic E-state index is 0.0102. The van der Waals surface area contributed by atoms with Crippen LogP contribution in [0.1, 0.15) is 66.8 Å². The van der Waals surface area contributed by atoms with Crippen LogP contribution in [0.4, 0.5) is 11.5 Å². The number of methoxy groups -OCH3 is 1. The van der Waals surface area contributed by atoms with Crippen molar-refractivity contribution in [2.45, 2.75) is 53.1 Å². The molecule has 0 fully saturated rings. The molecule has 13 nitrogen and oxygen atoms in total. The maximum atomic E-state index is 14.0. The second-order valence-corrected chi connectivity index (χ2v) is 12.0. The molecule has 0 bridgehead atoms. The van der Waals surface area contributed by atoms with Crippen LogP contribution in [-0.4, -0.2) is 55.2 Å². The van der Waals surface area contributed by atoms with Gasteiger partial charge in [0.05, 0.1) is 43.3 Å². The lowest BCUT2D eigenvalue weighted by molar-refractivity contribution is -0.384. The van der Waals surface area contributed by atoms with Gasteiger partial charge in [-0.3, -0.25) is 14.9 Å². The fraction of sp³-hybridized carbons (Fsp3) is 0.344. The molecule has 6 rings (SSSR count). The van der Waals surface area contributed by atoms with E-state index in [0.29, 0.717) is 46.9 Å². The van der Waals surface area contributed by atoms with Crippen LogP contribution in [0.5, 0.6) is 5.75 Å². The maximum absolute atomic E-state index is 14.0. The van der Waals surface area contributed by atoms with Crippen LogP contribution < -0.4 is 9.64 Å². The fourth-order valence-corrected chi connectivity index (χ4v) is 6.19. The average molecular weight is 612 g/mol. The number of aryl methyl sites for hydroxylation is 1. The molecule has 1 aliphatic heterocycles. The van der Waals surface area contributed by atoms with E-state index in [1.165, 1.54) is 18.3 Å². The molecule has 2 aromatic heterocycles. The summed E-state index contributed by atoms with van der Waals surface area (Å²) in [7, 11) is 1.59. The van der Waals surface area contributed by atoms with E-state index in [9.17, 15) is 19.7 Å². The van der Waals surface area contributed by atoms with Crippen LogP contribution in [0.15, 0.2) is 66.1 Å². The number of rotatable bonds is 8. The number of allylic oxidation sites excluding steroid dienone is 2. The normalized spacial score (nSPS) is 17.1. The maximum Gasteiger partial charge on any atom is 0.343 e. The molecular weight excluding hydrogens is 578 g/mol. The Bertz CT molecular complexity index is 1850. The number of non-ortho nitro benzene ring substituents is 1. The van der Waals surface area contributed by atoms with Crippen molar-refractivity contribution in [3.8, 4) is 11.4 Å². The van der Waals surface area contributed by atoms with Crippen molar-refractivity contribution >= 4 is 23.3 Å². The lowest BCUT2D eigenvalue weighted by Crippen LogP contribution is -2.42. The predicted molar refractivity (Wildman–Crippen MR) is 163 cm³/mol. The number of nitro groups is 1. The summed E-state index contributed by atoms with van der Waals surface area (Å²) >= 11 is 0. The zero-order valence-corrected chi connectivity index (χ0v) is 25.7. The van der Waals surface area contributed by atoms with Crippen LogP contribution in [0.3, 0.4) is 0 Å². The number of benzene rings is 2. The van der Waals surface area contributed by atoms with Crippen LogP contribution >= 0.6 is 0 Å². The Morgan fingerprint density at radius 3 is 2.58 bits per heavy atom. The van der Waals surface area contributed by atoms with Crippen molar-refractivity contribution in [2.75, 3.05) is 18.6 Å². The van der Waals surface area contributed by atoms with E-state index < -0.39 is 16.9 Å². The summed E-state index contributed by atoms with van der Waals surface area (Å²) in [5.74, 6) is 0.671. The van der Waals surface area contributed by atoms with Crippen molar-refractivity contribution in [2.24, 2.45) is 5.41 Å². The number of esters is 1. The van der Waals surface area contributed by atoms with E-state index in [-0.39, 0.29) is 35.6 Å². The zero-order chi connectivity index (χ0) is 32.0. The number of ketones is 1. The highest BCUT2D eigenvalue weighted by Crippen LogP contribution is 2.49. The molecule has 45 heavy (non-hydrogen) atoms. The largest absolute Gasteiger partial charge is 0.497 e. The number of carbonyl (C=O) groups excluding carboxylic acids is 2. The molecule has 0 amide bonds. The van der Waals surface area contributed by atoms with Crippen LogP contribution in [0, 0.1) is 22.5 Å². The Kier molecular flexibility index (Phi) is 7.47. The van der Waals surface area contributed by atoms with Gasteiger partial charge in [-0.05, 0) is 55.0 Å². The zero-order valence-electron chi connectivity index (χ0n) is 25.7. The number of nitrogens with zero attached hydrogens (tertiary/aromatic N) is 7. The molecule has 2 aromatic carbocycles. The van der Waals surface area contributed by atoms with Gasteiger partial charge in [-0.1, -0.05) is 31.2 Å². The van der Waals surface area contributed by atoms with Crippen molar-refractivity contribution in [1.82, 2.24) is 24.8 Å². The molecule has 0 N–H and O–H groups in total. The highest BCUT2D eigenvalue weighted by atomic mass is 16.6. The van der Waals surface area contributed by atoms with Crippen LogP contribution in [0.2, 0.25) is 0 Å². The van der Waals surface area contributed by atoms with Gasteiger partial charge in [-0.2, -0.15) is 5.10 Å². The SMILES string of the molecule is CCOC(=O)c1cnn2c1N(Cc1cn(-c3ccc([N+](=O)[O-])cc3C)nn1)C1=C(C(=O)CC(C)(C)C1)C2c1ccc(OC)cc1. The quantitative estimate of drug-likeness (QED) is 0.149. The number of fused-ring (bicyclic) bond motifs is 1. The number of anilines is 1. The minimum atomic E-state index is -0.567. The van der Waals surface area contributed by atoms with E-state index in [2.05, 4.69) is 29.3 Å². The van der Waals surface area contributed by atoms with Gasteiger partial charge >= 0.3 is 5.97 Å². The van der Waals surface area contributed by atoms with E-state index >= 15 is 0 Å². The smallest absolute Gasteiger partial charge is 0.343 e. The second kappa shape index (κ2) is 11.3. The van der Waals surface area contributed by atoms with Gasteiger partial charge in [0.25, 0.3) is 5.69 Å². The molecule has 1 unspecified atom stereocenters.